The molecular weight excluding hydrogens is 207 g/mol. The molecule has 0 atom stereocenters. The van der Waals surface area contributed by atoms with E-state index in [1.54, 1.807) is 12.1 Å². The van der Waals surface area contributed by atoms with Gasteiger partial charge in [-0.2, -0.15) is 0 Å². The summed E-state index contributed by atoms with van der Waals surface area (Å²) in [6.45, 7) is 1.88. The molecule has 0 aliphatic heterocycles. The predicted molar refractivity (Wildman–Crippen MR) is 44.2 cm³/mol. The van der Waals surface area contributed by atoms with E-state index < -0.39 is 9.05 Å². The van der Waals surface area contributed by atoms with Crippen LogP contribution in [0, 0.1) is 6.92 Å². The molecule has 1 aromatic carbocycles. The van der Waals surface area contributed by atoms with Crippen molar-refractivity contribution < 1.29 is 38.0 Å². The van der Waals surface area contributed by atoms with Gasteiger partial charge in [-0.1, -0.05) is 17.7 Å². The summed E-state index contributed by atoms with van der Waals surface area (Å²) in [7, 11) is 1.54. The van der Waals surface area contributed by atoms with Gasteiger partial charge in [0.15, 0.2) is 0 Å². The minimum absolute atomic E-state index is 0. The fourth-order valence-electron chi connectivity index (χ4n) is 0.701. The van der Waals surface area contributed by atoms with Crippen molar-refractivity contribution in [2.24, 2.45) is 0 Å². The summed E-state index contributed by atoms with van der Waals surface area (Å²) in [5, 5.41) is 0. The summed E-state index contributed by atoms with van der Waals surface area (Å²) in [5.74, 6) is 0. The summed E-state index contributed by atoms with van der Waals surface area (Å²) in [6.07, 6.45) is 0. The summed E-state index contributed by atoms with van der Waals surface area (Å²) in [5.41, 5.74) is 1.01. The molecule has 0 aliphatic carbocycles. The van der Waals surface area contributed by atoms with Gasteiger partial charge in [0.1, 0.15) is 0 Å². The Balaban J connectivity index is 0.00000121. The van der Waals surface area contributed by atoms with Crippen molar-refractivity contribution in [2.45, 2.75) is 11.8 Å². The van der Waals surface area contributed by atoms with Crippen molar-refractivity contribution in [1.29, 1.82) is 0 Å². The predicted octanol–water partition coefficient (Wildman–Crippen LogP) is -1.07. The van der Waals surface area contributed by atoms with Crippen LogP contribution in [0.2, 0.25) is 0 Å². The number of rotatable bonds is 1. The molecule has 0 fully saturated rings. The van der Waals surface area contributed by atoms with E-state index in [1.165, 1.54) is 12.1 Å². The van der Waals surface area contributed by atoms with Crippen LogP contribution in [0.25, 0.3) is 0 Å². The van der Waals surface area contributed by atoms with E-state index in [0.717, 1.165) is 5.56 Å². The Hall–Kier alpha value is 0.460. The molecule has 0 heterocycles. The van der Waals surface area contributed by atoms with Crippen LogP contribution in [0.4, 0.5) is 0 Å². The van der Waals surface area contributed by atoms with E-state index in [-0.39, 0.29) is 34.5 Å². The Bertz CT molecular complexity index is 344. The summed E-state index contributed by atoms with van der Waals surface area (Å²) in [4.78, 5) is 0.143. The van der Waals surface area contributed by atoms with Crippen LogP contribution >= 0.6 is 10.7 Å². The zero-order valence-corrected chi connectivity index (χ0v) is 10.5. The first-order valence-electron chi connectivity index (χ1n) is 3.01. The van der Waals surface area contributed by atoms with Crippen molar-refractivity contribution in [1.82, 2.24) is 0 Å². The van der Waals surface area contributed by atoms with Crippen LogP contribution < -0.4 is 29.6 Å². The fraction of sp³-hybridized carbons (Fsp3) is 0.143. The third-order valence-corrected chi connectivity index (χ3v) is 2.67. The van der Waals surface area contributed by atoms with Gasteiger partial charge < -0.3 is 0 Å². The Morgan fingerprint density at radius 1 is 1.17 bits per heavy atom. The van der Waals surface area contributed by atoms with Crippen LogP contribution in [0.5, 0.6) is 0 Å². The minimum Gasteiger partial charge on any atom is -0.207 e. The third kappa shape index (κ3) is 3.46. The topological polar surface area (TPSA) is 34.1 Å². The van der Waals surface area contributed by atoms with E-state index in [1.807, 2.05) is 6.92 Å². The van der Waals surface area contributed by atoms with Gasteiger partial charge in [0.2, 0.25) is 0 Å². The van der Waals surface area contributed by atoms with E-state index in [9.17, 15) is 8.42 Å². The standard InChI is InChI=1S/C7H7ClO2S.Na/c1-6-2-4-7(5-3-6)11(8,9)10;/h2-5H,1H3;/q;+1. The van der Waals surface area contributed by atoms with Gasteiger partial charge in [0.25, 0.3) is 9.05 Å². The molecule has 0 N–H and O–H groups in total. The van der Waals surface area contributed by atoms with Crippen LogP contribution in [-0.4, -0.2) is 8.42 Å². The molecule has 2 nitrogen and oxygen atoms in total. The van der Waals surface area contributed by atoms with E-state index in [2.05, 4.69) is 0 Å². The molecule has 0 spiro atoms. The first-order valence-corrected chi connectivity index (χ1v) is 5.32. The third-order valence-electron chi connectivity index (χ3n) is 1.30. The quantitative estimate of drug-likeness (QED) is 0.440. The Morgan fingerprint density at radius 3 is 1.92 bits per heavy atom. The molecule has 0 bridgehead atoms. The molecular formula is C7H7ClNaO2S+. The second kappa shape index (κ2) is 4.63. The molecule has 1 rings (SSSR count). The maximum absolute atomic E-state index is 10.7. The SMILES string of the molecule is Cc1ccc(S(=O)(=O)Cl)cc1.[Na+]. The van der Waals surface area contributed by atoms with Crippen molar-refractivity contribution >= 4 is 19.7 Å². The number of aryl methyl sites for hydroxylation is 1. The van der Waals surface area contributed by atoms with Gasteiger partial charge in [0.05, 0.1) is 4.90 Å². The first kappa shape index (κ1) is 12.5. The average molecular weight is 214 g/mol. The summed E-state index contributed by atoms with van der Waals surface area (Å²) >= 11 is 0. The van der Waals surface area contributed by atoms with Crippen molar-refractivity contribution in [3.8, 4) is 0 Å². The fourth-order valence-corrected chi connectivity index (χ4v) is 1.47. The number of halogens is 1. The second-order valence-electron chi connectivity index (χ2n) is 2.25. The Labute approximate surface area is 98.6 Å². The van der Waals surface area contributed by atoms with E-state index in [4.69, 9.17) is 10.7 Å². The van der Waals surface area contributed by atoms with Gasteiger partial charge in [0, 0.05) is 10.7 Å². The minimum atomic E-state index is -3.55. The maximum Gasteiger partial charge on any atom is 1.00 e. The van der Waals surface area contributed by atoms with Crippen molar-refractivity contribution in [3.63, 3.8) is 0 Å². The summed E-state index contributed by atoms with van der Waals surface area (Å²) in [6, 6.07) is 6.37. The molecule has 60 valence electrons. The Morgan fingerprint density at radius 2 is 1.58 bits per heavy atom. The van der Waals surface area contributed by atoms with Gasteiger partial charge in [-0.3, -0.25) is 0 Å². The van der Waals surface area contributed by atoms with Crippen molar-refractivity contribution in [2.75, 3.05) is 0 Å². The van der Waals surface area contributed by atoms with Gasteiger partial charge in [-0.05, 0) is 19.1 Å². The molecule has 0 saturated heterocycles. The normalized spacial score (nSPS) is 10.5. The zero-order valence-electron chi connectivity index (χ0n) is 6.91. The second-order valence-corrected chi connectivity index (χ2v) is 4.82. The monoisotopic (exact) mass is 213 g/mol. The van der Waals surface area contributed by atoms with E-state index in [0.29, 0.717) is 0 Å². The van der Waals surface area contributed by atoms with Gasteiger partial charge >= 0.3 is 29.6 Å². The van der Waals surface area contributed by atoms with Crippen LogP contribution in [-0.2, 0) is 9.05 Å². The molecule has 0 aliphatic rings. The number of benzene rings is 1. The molecule has 0 unspecified atom stereocenters. The number of hydrogen-bond donors (Lipinski definition) is 0. The molecule has 5 heteroatoms. The molecule has 12 heavy (non-hydrogen) atoms. The average Bonchev–Trinajstić information content (AvgIpc) is 1.86. The van der Waals surface area contributed by atoms with Crippen LogP contribution in [0.15, 0.2) is 29.2 Å². The van der Waals surface area contributed by atoms with Gasteiger partial charge in [-0.25, -0.2) is 8.42 Å². The van der Waals surface area contributed by atoms with E-state index >= 15 is 0 Å². The smallest absolute Gasteiger partial charge is 0.207 e. The zero-order chi connectivity index (χ0) is 8.48. The molecule has 0 amide bonds. The molecule has 0 radical (unpaired) electrons. The summed E-state index contributed by atoms with van der Waals surface area (Å²) < 4.78 is 21.4. The maximum atomic E-state index is 10.7. The van der Waals surface area contributed by atoms with Crippen LogP contribution in [0.1, 0.15) is 5.56 Å². The molecule has 1 aromatic rings. The van der Waals surface area contributed by atoms with Gasteiger partial charge in [-0.15, -0.1) is 0 Å². The largest absolute Gasteiger partial charge is 1.00 e. The first-order chi connectivity index (χ1) is 5.00. The number of hydrogen-bond acceptors (Lipinski definition) is 2. The Kier molecular flexibility index (Phi) is 4.81. The van der Waals surface area contributed by atoms with Crippen LogP contribution in [0.3, 0.4) is 0 Å². The molecule has 0 aromatic heterocycles. The van der Waals surface area contributed by atoms with Crippen molar-refractivity contribution in [3.05, 3.63) is 29.8 Å². The molecule has 0 saturated carbocycles.